The summed E-state index contributed by atoms with van der Waals surface area (Å²) in [7, 11) is 0. The summed E-state index contributed by atoms with van der Waals surface area (Å²) in [4.78, 5) is 32.0. The van der Waals surface area contributed by atoms with E-state index in [1.807, 2.05) is 25.1 Å². The Balaban J connectivity index is 0.000000527. The Morgan fingerprint density at radius 2 is 1.89 bits per heavy atom. The SMILES string of the molecule is CC(C)(C)O.Cc1cc2nc(C(=O)O)sc2c(-c2ccc3c4c(ccnc24)CCO3)c1CC(=O)O. The molecule has 0 saturated heterocycles. The van der Waals surface area contributed by atoms with E-state index in [4.69, 9.17) is 9.84 Å². The van der Waals surface area contributed by atoms with Crippen LogP contribution in [-0.4, -0.2) is 49.4 Å². The second-order valence-electron chi connectivity index (χ2n) is 9.36. The predicted molar refractivity (Wildman–Crippen MR) is 135 cm³/mol. The summed E-state index contributed by atoms with van der Waals surface area (Å²) < 4.78 is 6.45. The van der Waals surface area contributed by atoms with Crippen LogP contribution in [0, 0.1) is 6.92 Å². The van der Waals surface area contributed by atoms with Crippen LogP contribution in [0.3, 0.4) is 0 Å². The molecule has 8 nitrogen and oxygen atoms in total. The number of carbonyl (C=O) groups is 2. The van der Waals surface area contributed by atoms with Crippen LogP contribution >= 0.6 is 11.3 Å². The van der Waals surface area contributed by atoms with Crippen molar-refractivity contribution in [2.45, 2.75) is 46.1 Å². The molecule has 4 aromatic rings. The first-order chi connectivity index (χ1) is 16.4. The molecular weight excluding hydrogens is 468 g/mol. The lowest BCUT2D eigenvalue weighted by Crippen LogP contribution is -2.10. The van der Waals surface area contributed by atoms with Crippen LogP contribution in [0.4, 0.5) is 0 Å². The Bertz CT molecular complexity index is 1450. The van der Waals surface area contributed by atoms with E-state index in [0.29, 0.717) is 33.5 Å². The lowest BCUT2D eigenvalue weighted by molar-refractivity contribution is -0.136. The van der Waals surface area contributed by atoms with Crippen molar-refractivity contribution in [3.63, 3.8) is 0 Å². The number of hydrogen-bond acceptors (Lipinski definition) is 7. The van der Waals surface area contributed by atoms with Crippen molar-refractivity contribution in [1.29, 1.82) is 0 Å². The van der Waals surface area contributed by atoms with Crippen molar-refractivity contribution in [2.75, 3.05) is 6.61 Å². The largest absolute Gasteiger partial charge is 0.493 e. The van der Waals surface area contributed by atoms with Gasteiger partial charge in [-0.25, -0.2) is 9.78 Å². The number of aliphatic carboxylic acids is 1. The smallest absolute Gasteiger partial charge is 0.365 e. The Morgan fingerprint density at radius 1 is 1.17 bits per heavy atom. The molecular formula is C26H26N2O6S. The minimum atomic E-state index is -1.11. The van der Waals surface area contributed by atoms with E-state index in [-0.39, 0.29) is 11.4 Å². The van der Waals surface area contributed by atoms with Gasteiger partial charge in [0.2, 0.25) is 5.01 Å². The number of pyridine rings is 1. The molecule has 0 spiro atoms. The van der Waals surface area contributed by atoms with Gasteiger partial charge in [-0.3, -0.25) is 9.78 Å². The molecule has 3 N–H and O–H groups in total. The molecule has 9 heteroatoms. The quantitative estimate of drug-likeness (QED) is 0.367. The molecule has 1 aliphatic heterocycles. The maximum Gasteiger partial charge on any atom is 0.365 e. The van der Waals surface area contributed by atoms with Gasteiger partial charge in [0.25, 0.3) is 0 Å². The molecule has 0 amide bonds. The molecule has 0 saturated carbocycles. The standard InChI is InChI=1S/C22H16N2O5S.C4H10O/c1-10-8-14-20(30-21(24-14)22(27)28)18(13(10)9-16(25)26)12-2-3-15-17-11(5-7-29-15)4-6-23-19(12)17;1-4(2,3)5/h2-4,6,8H,5,7,9H2,1H3,(H,25,26)(H,27,28);5H,1-3H3. The summed E-state index contributed by atoms with van der Waals surface area (Å²) in [5, 5.41) is 28.4. The second-order valence-corrected chi connectivity index (χ2v) is 10.4. The number of aromatic nitrogens is 2. The van der Waals surface area contributed by atoms with Gasteiger partial charge in [-0.05, 0) is 68.7 Å². The molecule has 3 heterocycles. The highest BCUT2D eigenvalue weighted by molar-refractivity contribution is 7.20. The monoisotopic (exact) mass is 494 g/mol. The highest BCUT2D eigenvalue weighted by Gasteiger charge is 2.24. The number of aryl methyl sites for hydroxylation is 1. The van der Waals surface area contributed by atoms with Gasteiger partial charge in [0, 0.05) is 29.1 Å². The lowest BCUT2D eigenvalue weighted by Gasteiger charge is -2.21. The molecule has 0 atom stereocenters. The number of ether oxygens (including phenoxy) is 1. The van der Waals surface area contributed by atoms with Crippen LogP contribution in [0.1, 0.15) is 47.3 Å². The Hall–Kier alpha value is -3.56. The Kier molecular flexibility index (Phi) is 6.48. The lowest BCUT2D eigenvalue weighted by atomic mass is 9.90. The second kappa shape index (κ2) is 9.24. The van der Waals surface area contributed by atoms with Crippen molar-refractivity contribution < 1.29 is 29.6 Å². The topological polar surface area (TPSA) is 130 Å². The Labute approximate surface area is 205 Å². The molecule has 0 bridgehead atoms. The summed E-state index contributed by atoms with van der Waals surface area (Å²) in [5.41, 5.74) is 4.70. The molecule has 2 aromatic carbocycles. The number of aromatic carboxylic acids is 1. The maximum atomic E-state index is 11.6. The fourth-order valence-corrected chi connectivity index (χ4v) is 5.06. The molecule has 0 fully saturated rings. The summed E-state index contributed by atoms with van der Waals surface area (Å²) in [6.45, 7) is 7.65. The van der Waals surface area contributed by atoms with Gasteiger partial charge in [-0.15, -0.1) is 11.3 Å². The average molecular weight is 495 g/mol. The van der Waals surface area contributed by atoms with Gasteiger partial charge in [0.15, 0.2) is 0 Å². The molecule has 5 rings (SSSR count). The number of rotatable bonds is 4. The van der Waals surface area contributed by atoms with Crippen molar-refractivity contribution in [3.05, 3.63) is 52.2 Å². The first-order valence-corrected chi connectivity index (χ1v) is 11.9. The van der Waals surface area contributed by atoms with Crippen molar-refractivity contribution in [3.8, 4) is 16.9 Å². The van der Waals surface area contributed by atoms with Gasteiger partial charge < -0.3 is 20.1 Å². The van der Waals surface area contributed by atoms with Crippen LogP contribution in [0.2, 0.25) is 0 Å². The summed E-state index contributed by atoms with van der Waals surface area (Å²) in [6, 6.07) is 7.47. The third-order valence-electron chi connectivity index (χ3n) is 5.36. The normalized spacial score (nSPS) is 12.7. The molecule has 2 aromatic heterocycles. The van der Waals surface area contributed by atoms with E-state index in [1.54, 1.807) is 33.0 Å². The van der Waals surface area contributed by atoms with E-state index in [1.165, 1.54) is 0 Å². The van der Waals surface area contributed by atoms with Crippen LogP contribution in [-0.2, 0) is 17.6 Å². The molecule has 35 heavy (non-hydrogen) atoms. The minimum absolute atomic E-state index is 0.0304. The zero-order valence-corrected chi connectivity index (χ0v) is 20.7. The summed E-state index contributed by atoms with van der Waals surface area (Å²) in [6.07, 6.45) is 2.33. The number of hydrogen-bond donors (Lipinski definition) is 3. The zero-order chi connectivity index (χ0) is 25.5. The van der Waals surface area contributed by atoms with Gasteiger partial charge in [0.05, 0.1) is 34.4 Å². The van der Waals surface area contributed by atoms with Crippen molar-refractivity contribution in [1.82, 2.24) is 9.97 Å². The summed E-state index contributed by atoms with van der Waals surface area (Å²) in [5.74, 6) is -1.31. The number of fused-ring (bicyclic) bond motifs is 1. The highest BCUT2D eigenvalue weighted by atomic mass is 32.1. The molecule has 0 aliphatic carbocycles. The van der Waals surface area contributed by atoms with Crippen LogP contribution < -0.4 is 4.74 Å². The number of benzene rings is 2. The fraction of sp³-hybridized carbons (Fsp3) is 0.308. The van der Waals surface area contributed by atoms with Crippen molar-refractivity contribution in [2.24, 2.45) is 0 Å². The average Bonchev–Trinajstić information content (AvgIpc) is 3.18. The minimum Gasteiger partial charge on any atom is -0.493 e. The Morgan fingerprint density at radius 3 is 2.54 bits per heavy atom. The maximum absolute atomic E-state index is 11.6. The van der Waals surface area contributed by atoms with Crippen LogP contribution in [0.5, 0.6) is 5.75 Å². The molecule has 1 aliphatic rings. The van der Waals surface area contributed by atoms with E-state index in [0.717, 1.165) is 45.6 Å². The fourth-order valence-electron chi connectivity index (χ4n) is 4.09. The zero-order valence-electron chi connectivity index (χ0n) is 19.9. The molecule has 0 unspecified atom stereocenters. The molecule has 0 radical (unpaired) electrons. The number of nitrogens with zero attached hydrogens (tertiary/aromatic N) is 2. The van der Waals surface area contributed by atoms with E-state index in [2.05, 4.69) is 9.97 Å². The van der Waals surface area contributed by atoms with Gasteiger partial charge in [-0.2, -0.15) is 0 Å². The number of thiazole rings is 1. The van der Waals surface area contributed by atoms with Crippen molar-refractivity contribution >= 4 is 44.4 Å². The van der Waals surface area contributed by atoms with Gasteiger partial charge >= 0.3 is 11.9 Å². The first kappa shape index (κ1) is 24.6. The predicted octanol–water partition coefficient (Wildman–Crippen LogP) is 4.86. The van der Waals surface area contributed by atoms with Crippen LogP contribution in [0.25, 0.3) is 32.2 Å². The van der Waals surface area contributed by atoms with E-state index in [9.17, 15) is 19.8 Å². The van der Waals surface area contributed by atoms with Gasteiger partial charge in [0.1, 0.15) is 5.75 Å². The third kappa shape index (κ3) is 5.11. The van der Waals surface area contributed by atoms with Gasteiger partial charge in [-0.1, -0.05) is 0 Å². The number of carboxylic acids is 2. The molecule has 182 valence electrons. The number of carboxylic acid groups (broad SMARTS) is 2. The summed E-state index contributed by atoms with van der Waals surface area (Å²) >= 11 is 1.05. The third-order valence-corrected chi connectivity index (χ3v) is 6.44. The van der Waals surface area contributed by atoms with Crippen LogP contribution in [0.15, 0.2) is 30.5 Å². The number of aliphatic hydroxyl groups is 1. The highest BCUT2D eigenvalue weighted by Crippen LogP contribution is 2.43. The first-order valence-electron chi connectivity index (χ1n) is 11.1. The van der Waals surface area contributed by atoms with E-state index < -0.39 is 17.5 Å². The van der Waals surface area contributed by atoms with E-state index >= 15 is 0 Å².